The number of fused-ring (bicyclic) bond motifs is 5. The fourth-order valence-corrected chi connectivity index (χ4v) is 4.37. The number of rotatable bonds is 3. The summed E-state index contributed by atoms with van der Waals surface area (Å²) in [6, 6.07) is 5.22. The van der Waals surface area contributed by atoms with Crippen molar-refractivity contribution in [3.8, 4) is 0 Å². The van der Waals surface area contributed by atoms with E-state index >= 15 is 0 Å². The summed E-state index contributed by atoms with van der Waals surface area (Å²) in [6.45, 7) is 1.56. The smallest absolute Gasteiger partial charge is 0.244 e. The molecule has 1 saturated carbocycles. The van der Waals surface area contributed by atoms with Crippen molar-refractivity contribution < 1.29 is 14.4 Å². The van der Waals surface area contributed by atoms with Gasteiger partial charge in [-0.2, -0.15) is 0 Å². The summed E-state index contributed by atoms with van der Waals surface area (Å²) in [5, 5.41) is 3.29. The van der Waals surface area contributed by atoms with Crippen LogP contribution in [0, 0.1) is 30.6 Å². The van der Waals surface area contributed by atoms with Gasteiger partial charge >= 0.3 is 0 Å². The molecule has 3 aliphatic rings. The standard InChI is InChI=1S/C18H17ClN2O3/c1-9-12(19)3-2-4-13(9)20-14(22)8-21-17(23)15-10-5-6-11(7-10)16(15)18(21)24/h2-6,10-11,15-16H,7-8H2,1H3,(H,20,22)/t10-,11-,15-,16-/m0/s1. The second kappa shape index (κ2) is 5.45. The molecule has 3 amide bonds. The first kappa shape index (κ1) is 15.4. The lowest BCUT2D eigenvalue weighted by Gasteiger charge is -2.17. The molecule has 1 N–H and O–H groups in total. The third kappa shape index (κ3) is 2.18. The maximum atomic E-state index is 12.6. The molecule has 1 aromatic carbocycles. The Kier molecular flexibility index (Phi) is 3.49. The summed E-state index contributed by atoms with van der Waals surface area (Å²) in [5.41, 5.74) is 1.35. The van der Waals surface area contributed by atoms with E-state index in [-0.39, 0.29) is 47.9 Å². The second-order valence-corrected chi connectivity index (χ2v) is 7.13. The van der Waals surface area contributed by atoms with Crippen LogP contribution in [0.15, 0.2) is 30.4 Å². The third-order valence-corrected chi connectivity index (χ3v) is 5.81. The normalized spacial score (nSPS) is 30.2. The van der Waals surface area contributed by atoms with E-state index in [1.807, 2.05) is 12.2 Å². The van der Waals surface area contributed by atoms with Crippen LogP contribution in [0.4, 0.5) is 5.69 Å². The lowest BCUT2D eigenvalue weighted by Crippen LogP contribution is -2.39. The maximum absolute atomic E-state index is 12.6. The Morgan fingerprint density at radius 3 is 2.46 bits per heavy atom. The van der Waals surface area contributed by atoms with Crippen LogP contribution in [0.3, 0.4) is 0 Å². The molecule has 1 aromatic rings. The van der Waals surface area contributed by atoms with E-state index in [1.165, 1.54) is 0 Å². The van der Waals surface area contributed by atoms with Crippen molar-refractivity contribution in [2.45, 2.75) is 13.3 Å². The van der Waals surface area contributed by atoms with E-state index in [1.54, 1.807) is 25.1 Å². The van der Waals surface area contributed by atoms with Gasteiger partial charge in [-0.1, -0.05) is 29.8 Å². The Morgan fingerprint density at radius 2 is 1.83 bits per heavy atom. The van der Waals surface area contributed by atoms with Crippen LogP contribution in [-0.2, 0) is 14.4 Å². The average Bonchev–Trinajstić information content (AvgIpc) is 3.22. The fourth-order valence-electron chi connectivity index (χ4n) is 4.20. The van der Waals surface area contributed by atoms with Gasteiger partial charge in [0.1, 0.15) is 6.54 Å². The molecule has 0 radical (unpaired) electrons. The number of carbonyl (C=O) groups is 3. The number of nitrogens with zero attached hydrogens (tertiary/aromatic N) is 1. The van der Waals surface area contributed by atoms with Crippen LogP contribution >= 0.6 is 11.6 Å². The number of nitrogens with one attached hydrogen (secondary N) is 1. The number of imide groups is 1. The van der Waals surface area contributed by atoms with Crippen molar-refractivity contribution >= 4 is 35.0 Å². The molecule has 4 rings (SSSR count). The van der Waals surface area contributed by atoms with Gasteiger partial charge in [-0.15, -0.1) is 0 Å². The molecule has 1 heterocycles. The SMILES string of the molecule is Cc1c(Cl)cccc1NC(=O)CN1C(=O)[C@@H]2[C@@H](C1=O)[C@H]1C=C[C@H]2C1. The molecule has 0 spiro atoms. The number of benzene rings is 1. The van der Waals surface area contributed by atoms with E-state index in [2.05, 4.69) is 5.32 Å². The van der Waals surface area contributed by atoms with Gasteiger partial charge in [0.25, 0.3) is 0 Å². The number of amides is 3. The highest BCUT2D eigenvalue weighted by atomic mass is 35.5. The molecule has 124 valence electrons. The molecule has 1 aliphatic heterocycles. The number of carbonyl (C=O) groups excluding carboxylic acids is 3. The highest BCUT2D eigenvalue weighted by Gasteiger charge is 2.59. The molecule has 2 aliphatic carbocycles. The molecular weight excluding hydrogens is 328 g/mol. The van der Waals surface area contributed by atoms with Gasteiger partial charge in [-0.25, -0.2) is 0 Å². The number of allylic oxidation sites excluding steroid dienone is 2. The van der Waals surface area contributed by atoms with Gasteiger partial charge in [-0.3, -0.25) is 19.3 Å². The van der Waals surface area contributed by atoms with Gasteiger partial charge < -0.3 is 5.32 Å². The van der Waals surface area contributed by atoms with Crippen LogP contribution in [-0.4, -0.2) is 29.2 Å². The maximum Gasteiger partial charge on any atom is 0.244 e. The second-order valence-electron chi connectivity index (χ2n) is 6.72. The van der Waals surface area contributed by atoms with Crippen LogP contribution in [0.5, 0.6) is 0 Å². The zero-order valence-corrected chi connectivity index (χ0v) is 13.9. The first-order valence-corrected chi connectivity index (χ1v) is 8.43. The monoisotopic (exact) mass is 344 g/mol. The summed E-state index contributed by atoms with van der Waals surface area (Å²) in [6.07, 6.45) is 4.96. The van der Waals surface area contributed by atoms with Crippen molar-refractivity contribution in [3.63, 3.8) is 0 Å². The summed E-state index contributed by atoms with van der Waals surface area (Å²) >= 11 is 6.04. The first-order valence-electron chi connectivity index (χ1n) is 8.06. The Morgan fingerprint density at radius 1 is 1.21 bits per heavy atom. The van der Waals surface area contributed by atoms with Gasteiger partial charge in [0.05, 0.1) is 11.8 Å². The van der Waals surface area contributed by atoms with Gasteiger partial charge in [0.15, 0.2) is 0 Å². The number of anilines is 1. The van der Waals surface area contributed by atoms with E-state index in [0.717, 1.165) is 16.9 Å². The van der Waals surface area contributed by atoms with Crippen molar-refractivity contribution in [2.75, 3.05) is 11.9 Å². The minimum Gasteiger partial charge on any atom is -0.324 e. The van der Waals surface area contributed by atoms with Crippen molar-refractivity contribution in [1.82, 2.24) is 4.90 Å². The Balaban J connectivity index is 1.48. The van der Waals surface area contributed by atoms with Crippen LogP contribution in [0.2, 0.25) is 5.02 Å². The molecule has 0 unspecified atom stereocenters. The zero-order chi connectivity index (χ0) is 17.0. The van der Waals surface area contributed by atoms with E-state index < -0.39 is 0 Å². The topological polar surface area (TPSA) is 66.5 Å². The van der Waals surface area contributed by atoms with Crippen molar-refractivity contribution in [3.05, 3.63) is 40.9 Å². The van der Waals surface area contributed by atoms with Gasteiger partial charge in [-0.05, 0) is 42.9 Å². The first-order chi connectivity index (χ1) is 11.5. The average molecular weight is 345 g/mol. The van der Waals surface area contributed by atoms with Crippen molar-refractivity contribution in [2.24, 2.45) is 23.7 Å². The van der Waals surface area contributed by atoms with Gasteiger partial charge in [0.2, 0.25) is 17.7 Å². The predicted molar refractivity (Wildman–Crippen MR) is 89.3 cm³/mol. The summed E-state index contributed by atoms with van der Waals surface area (Å²) in [5.74, 6) is -1.04. The van der Waals surface area contributed by atoms with Crippen LogP contribution in [0.1, 0.15) is 12.0 Å². The van der Waals surface area contributed by atoms with Gasteiger partial charge in [0, 0.05) is 10.7 Å². The van der Waals surface area contributed by atoms with E-state index in [4.69, 9.17) is 11.6 Å². The molecular formula is C18H17ClN2O3. The number of hydrogen-bond donors (Lipinski definition) is 1. The number of hydrogen-bond acceptors (Lipinski definition) is 3. The number of likely N-dealkylation sites (tertiary alicyclic amines) is 1. The summed E-state index contributed by atoms with van der Waals surface area (Å²) in [7, 11) is 0. The van der Waals surface area contributed by atoms with Crippen LogP contribution < -0.4 is 5.32 Å². The Labute approximate surface area is 144 Å². The highest BCUT2D eigenvalue weighted by Crippen LogP contribution is 2.52. The van der Waals surface area contributed by atoms with E-state index in [9.17, 15) is 14.4 Å². The van der Waals surface area contributed by atoms with E-state index in [0.29, 0.717) is 10.7 Å². The molecule has 6 heteroatoms. The minimum absolute atomic E-state index is 0.152. The molecule has 5 nitrogen and oxygen atoms in total. The minimum atomic E-state index is -0.387. The lowest BCUT2D eigenvalue weighted by atomic mass is 9.85. The third-order valence-electron chi connectivity index (χ3n) is 5.41. The Bertz CT molecular complexity index is 758. The Hall–Kier alpha value is -2.14. The predicted octanol–water partition coefficient (Wildman–Crippen LogP) is 2.39. The largest absolute Gasteiger partial charge is 0.324 e. The summed E-state index contributed by atoms with van der Waals surface area (Å²) in [4.78, 5) is 38.6. The molecule has 4 atom stereocenters. The molecule has 1 saturated heterocycles. The summed E-state index contributed by atoms with van der Waals surface area (Å²) < 4.78 is 0. The zero-order valence-electron chi connectivity index (χ0n) is 13.2. The quantitative estimate of drug-likeness (QED) is 0.676. The highest BCUT2D eigenvalue weighted by molar-refractivity contribution is 6.31. The molecule has 2 bridgehead atoms. The van der Waals surface area contributed by atoms with Crippen LogP contribution in [0.25, 0.3) is 0 Å². The fraction of sp³-hybridized carbons (Fsp3) is 0.389. The lowest BCUT2D eigenvalue weighted by molar-refractivity contribution is -0.143. The molecule has 0 aromatic heterocycles. The van der Waals surface area contributed by atoms with Crippen molar-refractivity contribution in [1.29, 1.82) is 0 Å². The number of halogens is 1. The molecule has 24 heavy (non-hydrogen) atoms. The molecule has 2 fully saturated rings.